The third-order valence-corrected chi connectivity index (χ3v) is 8.40. The van der Waals surface area contributed by atoms with E-state index in [1.54, 1.807) is 24.4 Å². The van der Waals surface area contributed by atoms with Crippen LogP contribution in [0.2, 0.25) is 0 Å². The van der Waals surface area contributed by atoms with Crippen molar-refractivity contribution in [1.82, 2.24) is 20.2 Å². The van der Waals surface area contributed by atoms with Gasteiger partial charge in [-0.25, -0.2) is 14.4 Å². The number of pyridine rings is 1. The van der Waals surface area contributed by atoms with E-state index in [9.17, 15) is 9.50 Å². The van der Waals surface area contributed by atoms with Crippen LogP contribution in [0.1, 0.15) is 51.9 Å². The summed E-state index contributed by atoms with van der Waals surface area (Å²) >= 11 is 0. The molecule has 2 bridgehead atoms. The second kappa shape index (κ2) is 9.19. The quantitative estimate of drug-likeness (QED) is 0.427. The van der Waals surface area contributed by atoms with Crippen molar-refractivity contribution in [2.45, 2.75) is 70.1 Å². The summed E-state index contributed by atoms with van der Waals surface area (Å²) in [6.07, 6.45) is 9.24. The number of hydrogen-bond donors (Lipinski definition) is 1. The van der Waals surface area contributed by atoms with E-state index in [4.69, 9.17) is 4.74 Å². The SMILES string of the molecule is COc1cc(-c2ccc(-c3ncc(N(C4CC4)[C@H]4C[C@@H]5CCC[C@@](C)(C5)[C@H]4F)nn3)c(O)c2)cnc1F. The van der Waals surface area contributed by atoms with Crippen LogP contribution in [-0.4, -0.2) is 50.6 Å². The van der Waals surface area contributed by atoms with E-state index >= 15 is 4.39 Å². The van der Waals surface area contributed by atoms with Crippen LogP contribution >= 0.6 is 0 Å². The Bertz CT molecular complexity index is 1300. The molecule has 194 valence electrons. The van der Waals surface area contributed by atoms with Crippen LogP contribution in [-0.2, 0) is 0 Å². The van der Waals surface area contributed by atoms with E-state index in [1.807, 2.05) is 0 Å². The van der Waals surface area contributed by atoms with E-state index in [0.717, 1.165) is 38.5 Å². The van der Waals surface area contributed by atoms with E-state index < -0.39 is 12.1 Å². The first-order chi connectivity index (χ1) is 17.9. The molecule has 0 radical (unpaired) electrons. The maximum absolute atomic E-state index is 15.9. The van der Waals surface area contributed by atoms with Gasteiger partial charge in [-0.1, -0.05) is 25.8 Å². The number of phenols is 1. The standard InChI is InChI=1S/C28H31F2N5O2/c1-28-9-3-4-16(13-28)10-21(25(28)29)35(19-6-7-19)24-15-32-27(34-33-24)20-8-5-17(11-22(20)36)18-12-23(37-2)26(30)31-14-18/h5,8,11-12,14-16,19,21,25,36H,3-4,6-7,9-10,13H2,1-2H3/t16-,21-,25-,28-/m0/s1. The molecular formula is C28H31F2N5O2. The molecule has 3 aromatic rings. The first kappa shape index (κ1) is 24.0. The predicted molar refractivity (Wildman–Crippen MR) is 136 cm³/mol. The van der Waals surface area contributed by atoms with Gasteiger partial charge in [0, 0.05) is 23.2 Å². The van der Waals surface area contributed by atoms with Gasteiger partial charge in [0.15, 0.2) is 17.4 Å². The highest BCUT2D eigenvalue weighted by Gasteiger charge is 2.52. The first-order valence-electron chi connectivity index (χ1n) is 13.0. The average molecular weight is 508 g/mol. The lowest BCUT2D eigenvalue weighted by atomic mass is 9.60. The van der Waals surface area contributed by atoms with Crippen LogP contribution in [0.3, 0.4) is 0 Å². The molecule has 6 rings (SSSR count). The third-order valence-electron chi connectivity index (χ3n) is 8.40. The van der Waals surface area contributed by atoms with Crippen molar-refractivity contribution in [3.63, 3.8) is 0 Å². The van der Waals surface area contributed by atoms with E-state index in [1.165, 1.54) is 25.8 Å². The smallest absolute Gasteiger partial charge is 0.255 e. The van der Waals surface area contributed by atoms with Crippen LogP contribution < -0.4 is 9.64 Å². The Kier molecular flexibility index (Phi) is 5.96. The molecule has 7 nitrogen and oxygen atoms in total. The zero-order valence-electron chi connectivity index (χ0n) is 21.1. The van der Waals surface area contributed by atoms with E-state index in [0.29, 0.717) is 28.4 Å². The molecule has 3 saturated carbocycles. The lowest BCUT2D eigenvalue weighted by Gasteiger charge is -2.52. The molecular weight excluding hydrogens is 476 g/mol. The van der Waals surface area contributed by atoms with Crippen LogP contribution in [0, 0.1) is 17.3 Å². The van der Waals surface area contributed by atoms with Gasteiger partial charge in [-0.2, -0.15) is 4.39 Å². The van der Waals surface area contributed by atoms with Gasteiger partial charge >= 0.3 is 0 Å². The highest BCUT2D eigenvalue weighted by Crippen LogP contribution is 2.52. The number of methoxy groups -OCH3 is 1. The number of aromatic nitrogens is 4. The molecule has 9 heteroatoms. The summed E-state index contributed by atoms with van der Waals surface area (Å²) in [4.78, 5) is 10.4. The largest absolute Gasteiger partial charge is 0.507 e. The van der Waals surface area contributed by atoms with E-state index in [2.05, 4.69) is 32.0 Å². The summed E-state index contributed by atoms with van der Waals surface area (Å²) in [5.74, 6) is 0.730. The first-order valence-corrected chi connectivity index (χ1v) is 13.0. The average Bonchev–Trinajstić information content (AvgIpc) is 3.73. The monoisotopic (exact) mass is 507 g/mol. The van der Waals surface area contributed by atoms with Gasteiger partial charge in [-0.15, -0.1) is 10.2 Å². The fraction of sp³-hybridized carbons (Fsp3) is 0.500. The Balaban J connectivity index is 1.26. The van der Waals surface area contributed by atoms with Crippen molar-refractivity contribution in [2.24, 2.45) is 11.3 Å². The number of phenolic OH excluding ortho intramolecular Hbond substituents is 1. The minimum atomic E-state index is -0.901. The number of benzene rings is 1. The molecule has 4 atom stereocenters. The van der Waals surface area contributed by atoms with Crippen LogP contribution in [0.25, 0.3) is 22.5 Å². The predicted octanol–water partition coefficient (Wildman–Crippen LogP) is 5.73. The van der Waals surface area contributed by atoms with Gasteiger partial charge in [0.2, 0.25) is 0 Å². The van der Waals surface area contributed by atoms with Gasteiger partial charge < -0.3 is 14.7 Å². The molecule has 0 unspecified atom stereocenters. The number of hydrogen-bond acceptors (Lipinski definition) is 7. The molecule has 1 N–H and O–H groups in total. The van der Waals surface area contributed by atoms with Crippen molar-refractivity contribution in [3.05, 3.63) is 42.6 Å². The zero-order chi connectivity index (χ0) is 25.7. The molecule has 3 aliphatic rings. The van der Waals surface area contributed by atoms with Gasteiger partial charge in [0.25, 0.3) is 5.95 Å². The molecule has 2 heterocycles. The summed E-state index contributed by atoms with van der Waals surface area (Å²) in [5, 5.41) is 19.5. The van der Waals surface area contributed by atoms with Gasteiger partial charge in [0.05, 0.1) is 24.9 Å². The Morgan fingerprint density at radius 2 is 1.92 bits per heavy atom. The Morgan fingerprint density at radius 3 is 2.62 bits per heavy atom. The summed E-state index contributed by atoms with van der Waals surface area (Å²) in [6.45, 7) is 2.11. The summed E-state index contributed by atoms with van der Waals surface area (Å²) in [5.41, 5.74) is 1.39. The minimum Gasteiger partial charge on any atom is -0.507 e. The van der Waals surface area contributed by atoms with Crippen molar-refractivity contribution < 1.29 is 18.6 Å². The summed E-state index contributed by atoms with van der Waals surface area (Å²) < 4.78 is 34.6. The Labute approximate surface area is 214 Å². The molecule has 37 heavy (non-hydrogen) atoms. The zero-order valence-corrected chi connectivity index (χ0v) is 21.1. The molecule has 0 aliphatic heterocycles. The lowest BCUT2D eigenvalue weighted by molar-refractivity contribution is -0.0125. The number of halogens is 2. The molecule has 2 aromatic heterocycles. The van der Waals surface area contributed by atoms with Crippen LogP contribution in [0.5, 0.6) is 11.5 Å². The Morgan fingerprint density at radius 1 is 1.08 bits per heavy atom. The number of rotatable bonds is 6. The summed E-state index contributed by atoms with van der Waals surface area (Å²) in [6, 6.07) is 6.61. The maximum Gasteiger partial charge on any atom is 0.255 e. The van der Waals surface area contributed by atoms with Gasteiger partial charge in [0.1, 0.15) is 11.9 Å². The van der Waals surface area contributed by atoms with Crippen molar-refractivity contribution >= 4 is 5.82 Å². The molecule has 3 fully saturated rings. The Hall–Kier alpha value is -3.36. The molecule has 3 aliphatic carbocycles. The molecule has 0 saturated heterocycles. The highest BCUT2D eigenvalue weighted by molar-refractivity contribution is 5.73. The fourth-order valence-corrected chi connectivity index (χ4v) is 6.41. The normalized spacial score (nSPS) is 27.1. The van der Waals surface area contributed by atoms with Gasteiger partial charge in [-0.05, 0) is 61.8 Å². The minimum absolute atomic E-state index is 0.0236. The van der Waals surface area contributed by atoms with E-state index in [-0.39, 0.29) is 34.8 Å². The highest BCUT2D eigenvalue weighted by atomic mass is 19.1. The summed E-state index contributed by atoms with van der Waals surface area (Å²) in [7, 11) is 1.37. The topological polar surface area (TPSA) is 84.3 Å². The molecule has 0 spiro atoms. The van der Waals surface area contributed by atoms with Crippen LogP contribution in [0.15, 0.2) is 36.7 Å². The number of anilines is 1. The molecule has 1 aromatic carbocycles. The third kappa shape index (κ3) is 4.38. The lowest BCUT2D eigenvalue weighted by Crippen LogP contribution is -2.56. The van der Waals surface area contributed by atoms with Crippen molar-refractivity contribution in [3.8, 4) is 34.0 Å². The van der Waals surface area contributed by atoms with Gasteiger partial charge in [-0.3, -0.25) is 0 Å². The fourth-order valence-electron chi connectivity index (χ4n) is 6.41. The number of nitrogens with zero attached hydrogens (tertiary/aromatic N) is 5. The number of alkyl halides is 1. The van der Waals surface area contributed by atoms with Crippen molar-refractivity contribution in [2.75, 3.05) is 12.0 Å². The number of aromatic hydroxyl groups is 1. The van der Waals surface area contributed by atoms with Crippen molar-refractivity contribution in [1.29, 1.82) is 0 Å². The maximum atomic E-state index is 15.9. The second-order valence-electron chi connectivity index (χ2n) is 11.0. The second-order valence-corrected chi connectivity index (χ2v) is 11.0. The van der Waals surface area contributed by atoms with Crippen LogP contribution in [0.4, 0.5) is 14.6 Å². The number of fused-ring (bicyclic) bond motifs is 2. The number of ether oxygens (including phenoxy) is 1. The molecule has 0 amide bonds.